The average molecular weight is 252 g/mol. The largest absolute Gasteiger partial charge is 0.245 e. The predicted molar refractivity (Wildman–Crippen MR) is 56.1 cm³/mol. The molecule has 2 aromatic heterocycles. The minimum Gasteiger partial charge on any atom is -0.245 e. The Morgan fingerprint density at radius 3 is 2.64 bits per heavy atom. The fourth-order valence-corrected chi connectivity index (χ4v) is 1.51. The summed E-state index contributed by atoms with van der Waals surface area (Å²) >= 11 is 17.0. The van der Waals surface area contributed by atoms with Crippen LogP contribution < -0.4 is 0 Å². The van der Waals surface area contributed by atoms with E-state index in [4.69, 9.17) is 34.8 Å². The van der Waals surface area contributed by atoms with Crippen molar-refractivity contribution in [2.75, 3.05) is 5.88 Å². The van der Waals surface area contributed by atoms with Crippen LogP contribution in [0.25, 0.3) is 11.2 Å². The van der Waals surface area contributed by atoms with E-state index in [1.165, 1.54) is 0 Å². The zero-order valence-corrected chi connectivity index (χ0v) is 9.18. The molecular formula is C7H5Cl3N4. The number of hydrogen-bond donors (Lipinski definition) is 0. The first-order chi connectivity index (χ1) is 6.72. The van der Waals surface area contributed by atoms with Crippen LogP contribution in [0, 0.1) is 0 Å². The van der Waals surface area contributed by atoms with Crippen molar-refractivity contribution >= 4 is 46.0 Å². The van der Waals surface area contributed by atoms with Crippen LogP contribution in [0.3, 0.4) is 0 Å². The van der Waals surface area contributed by atoms with Crippen molar-refractivity contribution in [1.29, 1.82) is 0 Å². The van der Waals surface area contributed by atoms with E-state index in [1.807, 2.05) is 0 Å². The van der Waals surface area contributed by atoms with Crippen molar-refractivity contribution in [3.05, 3.63) is 16.5 Å². The zero-order valence-electron chi connectivity index (χ0n) is 6.91. The SMILES string of the molecule is ClCCn1ncc2nc(Cl)c(Cl)nc21. The first-order valence-corrected chi connectivity index (χ1v) is 5.12. The third-order valence-corrected chi connectivity index (χ3v) is 2.48. The number of nitrogens with zero attached hydrogens (tertiary/aromatic N) is 4. The molecule has 2 aromatic rings. The molecule has 0 saturated heterocycles. The van der Waals surface area contributed by atoms with Crippen LogP contribution in [-0.4, -0.2) is 25.6 Å². The van der Waals surface area contributed by atoms with E-state index < -0.39 is 0 Å². The van der Waals surface area contributed by atoms with Crippen LogP contribution in [0.4, 0.5) is 0 Å². The second-order valence-electron chi connectivity index (χ2n) is 2.57. The molecule has 0 amide bonds. The Kier molecular flexibility index (Phi) is 2.76. The van der Waals surface area contributed by atoms with Crippen molar-refractivity contribution in [2.24, 2.45) is 0 Å². The second kappa shape index (κ2) is 3.88. The van der Waals surface area contributed by atoms with Gasteiger partial charge in [0.05, 0.1) is 12.7 Å². The molecule has 0 aliphatic heterocycles. The van der Waals surface area contributed by atoms with Gasteiger partial charge in [-0.15, -0.1) is 11.6 Å². The number of aryl methyl sites for hydroxylation is 1. The third kappa shape index (κ3) is 1.65. The first-order valence-electron chi connectivity index (χ1n) is 3.83. The molecule has 0 atom stereocenters. The van der Waals surface area contributed by atoms with Gasteiger partial charge in [-0.3, -0.25) is 0 Å². The molecule has 0 aromatic carbocycles. The van der Waals surface area contributed by atoms with Gasteiger partial charge in [0.1, 0.15) is 5.52 Å². The number of halogens is 3. The van der Waals surface area contributed by atoms with Crippen LogP contribution in [0.1, 0.15) is 0 Å². The van der Waals surface area contributed by atoms with Crippen molar-refractivity contribution in [3.63, 3.8) is 0 Å². The Labute approximate surface area is 94.8 Å². The van der Waals surface area contributed by atoms with Gasteiger partial charge in [-0.2, -0.15) is 5.10 Å². The van der Waals surface area contributed by atoms with Crippen molar-refractivity contribution in [1.82, 2.24) is 19.7 Å². The summed E-state index contributed by atoms with van der Waals surface area (Å²) in [7, 11) is 0. The molecule has 0 spiro atoms. The lowest BCUT2D eigenvalue weighted by atomic mass is 10.5. The molecule has 0 N–H and O–H groups in total. The average Bonchev–Trinajstić information content (AvgIpc) is 2.51. The quantitative estimate of drug-likeness (QED) is 0.770. The van der Waals surface area contributed by atoms with Gasteiger partial charge < -0.3 is 0 Å². The highest BCUT2D eigenvalue weighted by Gasteiger charge is 2.09. The van der Waals surface area contributed by atoms with E-state index in [2.05, 4.69) is 15.1 Å². The Morgan fingerprint density at radius 2 is 1.93 bits per heavy atom. The summed E-state index contributed by atoms with van der Waals surface area (Å²) in [5, 5.41) is 4.42. The monoisotopic (exact) mass is 250 g/mol. The van der Waals surface area contributed by atoms with E-state index >= 15 is 0 Å². The Bertz CT molecular complexity index is 467. The minimum absolute atomic E-state index is 0.176. The summed E-state index contributed by atoms with van der Waals surface area (Å²) in [5.74, 6) is 0.457. The molecular weight excluding hydrogens is 246 g/mol. The number of aromatic nitrogens is 4. The molecule has 74 valence electrons. The van der Waals surface area contributed by atoms with Gasteiger partial charge in [0.15, 0.2) is 16.0 Å². The van der Waals surface area contributed by atoms with Gasteiger partial charge >= 0.3 is 0 Å². The van der Waals surface area contributed by atoms with Gasteiger partial charge in [0.25, 0.3) is 0 Å². The molecule has 0 unspecified atom stereocenters. The highest BCUT2D eigenvalue weighted by Crippen LogP contribution is 2.20. The predicted octanol–water partition coefficient (Wildman–Crippen LogP) is 2.37. The highest BCUT2D eigenvalue weighted by molar-refractivity contribution is 6.40. The molecule has 0 aliphatic carbocycles. The summed E-state index contributed by atoms with van der Waals surface area (Å²) in [6, 6.07) is 0. The smallest absolute Gasteiger partial charge is 0.178 e. The molecule has 2 heterocycles. The van der Waals surface area contributed by atoms with E-state index in [-0.39, 0.29) is 10.3 Å². The van der Waals surface area contributed by atoms with Crippen LogP contribution in [0.2, 0.25) is 10.3 Å². The van der Waals surface area contributed by atoms with Crippen molar-refractivity contribution < 1.29 is 0 Å². The van der Waals surface area contributed by atoms with Crippen LogP contribution >= 0.6 is 34.8 Å². The molecule has 0 radical (unpaired) electrons. The molecule has 7 heteroatoms. The topological polar surface area (TPSA) is 43.6 Å². The summed E-state index contributed by atoms with van der Waals surface area (Å²) in [6.45, 7) is 0.567. The lowest BCUT2D eigenvalue weighted by Crippen LogP contribution is -2.02. The molecule has 2 rings (SSSR count). The van der Waals surface area contributed by atoms with E-state index in [0.717, 1.165) is 0 Å². The maximum atomic E-state index is 5.74. The summed E-state index contributed by atoms with van der Waals surface area (Å²) in [6.07, 6.45) is 1.58. The number of rotatable bonds is 2. The number of hydrogen-bond acceptors (Lipinski definition) is 3. The maximum absolute atomic E-state index is 5.74. The maximum Gasteiger partial charge on any atom is 0.178 e. The molecule has 0 saturated carbocycles. The van der Waals surface area contributed by atoms with E-state index in [9.17, 15) is 0 Å². The van der Waals surface area contributed by atoms with E-state index in [1.54, 1.807) is 10.9 Å². The number of alkyl halides is 1. The molecule has 0 fully saturated rings. The molecule has 0 aliphatic rings. The third-order valence-electron chi connectivity index (χ3n) is 1.68. The van der Waals surface area contributed by atoms with Crippen LogP contribution in [0.5, 0.6) is 0 Å². The van der Waals surface area contributed by atoms with Crippen LogP contribution in [-0.2, 0) is 6.54 Å². The number of fused-ring (bicyclic) bond motifs is 1. The standard InChI is InChI=1S/C7H5Cl3N4/c8-1-2-14-7-4(3-11-14)12-5(9)6(10)13-7/h3H,1-2H2. The zero-order chi connectivity index (χ0) is 10.1. The molecule has 14 heavy (non-hydrogen) atoms. The fraction of sp³-hybridized carbons (Fsp3) is 0.286. The Morgan fingerprint density at radius 1 is 1.21 bits per heavy atom. The first kappa shape index (κ1) is 9.96. The Hall–Kier alpha value is -0.580. The van der Waals surface area contributed by atoms with Gasteiger partial charge in [-0.25, -0.2) is 14.6 Å². The Balaban J connectivity index is 2.61. The summed E-state index contributed by atoms with van der Waals surface area (Å²) in [4.78, 5) is 8.09. The lowest BCUT2D eigenvalue weighted by Gasteiger charge is -1.99. The van der Waals surface area contributed by atoms with Gasteiger partial charge in [-0.1, -0.05) is 23.2 Å². The lowest BCUT2D eigenvalue weighted by molar-refractivity contribution is 0.681. The van der Waals surface area contributed by atoms with E-state index in [0.29, 0.717) is 23.6 Å². The summed E-state index contributed by atoms with van der Waals surface area (Å²) < 4.78 is 1.64. The fourth-order valence-electron chi connectivity index (χ4n) is 1.10. The van der Waals surface area contributed by atoms with Gasteiger partial charge in [-0.05, 0) is 0 Å². The molecule has 4 nitrogen and oxygen atoms in total. The highest BCUT2D eigenvalue weighted by atomic mass is 35.5. The van der Waals surface area contributed by atoms with Crippen LogP contribution in [0.15, 0.2) is 6.20 Å². The minimum atomic E-state index is 0.176. The van der Waals surface area contributed by atoms with Crippen molar-refractivity contribution in [3.8, 4) is 0 Å². The van der Waals surface area contributed by atoms with Gasteiger partial charge in [0.2, 0.25) is 0 Å². The van der Waals surface area contributed by atoms with Crippen molar-refractivity contribution in [2.45, 2.75) is 6.54 Å². The van der Waals surface area contributed by atoms with Gasteiger partial charge in [0, 0.05) is 5.88 Å². The second-order valence-corrected chi connectivity index (χ2v) is 3.66. The normalized spacial score (nSPS) is 11.1. The summed E-state index contributed by atoms with van der Waals surface area (Å²) in [5.41, 5.74) is 1.21. The molecule has 0 bridgehead atoms.